The van der Waals surface area contributed by atoms with E-state index in [1.165, 1.54) is 4.90 Å². The minimum atomic E-state index is -0.638. The fraction of sp³-hybridized carbons (Fsp3) is 0.500. The summed E-state index contributed by atoms with van der Waals surface area (Å²) in [5, 5.41) is 0. The summed E-state index contributed by atoms with van der Waals surface area (Å²) >= 11 is 1.72. The molecule has 1 aromatic rings. The number of benzene rings is 1. The highest BCUT2D eigenvalue weighted by molar-refractivity contribution is 7.98. The molecule has 1 aliphatic rings. The van der Waals surface area contributed by atoms with Gasteiger partial charge in [-0.1, -0.05) is 12.1 Å². The fourth-order valence-corrected chi connectivity index (χ4v) is 2.21. The van der Waals surface area contributed by atoms with Crippen molar-refractivity contribution in [2.24, 2.45) is 5.73 Å². The van der Waals surface area contributed by atoms with Crippen molar-refractivity contribution in [3.8, 4) is 0 Å². The average Bonchev–Trinajstić information content (AvgIpc) is 2.73. The van der Waals surface area contributed by atoms with E-state index >= 15 is 0 Å². The molecule has 2 atom stereocenters. The normalized spacial score (nSPS) is 29.6. The standard InChI is InChI=1S/C12H17NO2S/c1-12(14-8-10(7-13)15-12)9-3-5-11(16-2)6-4-9/h3-6,10H,7-8,13H2,1-2H3. The molecule has 2 unspecified atom stereocenters. The molecule has 0 aromatic heterocycles. The molecule has 0 amide bonds. The quantitative estimate of drug-likeness (QED) is 0.819. The van der Waals surface area contributed by atoms with Gasteiger partial charge in [0.2, 0.25) is 0 Å². The summed E-state index contributed by atoms with van der Waals surface area (Å²) in [5.74, 6) is -0.638. The maximum atomic E-state index is 5.80. The Labute approximate surface area is 100 Å². The molecular weight excluding hydrogens is 222 g/mol. The van der Waals surface area contributed by atoms with Crippen LogP contribution in [0.15, 0.2) is 29.2 Å². The molecule has 1 fully saturated rings. The summed E-state index contributed by atoms with van der Waals surface area (Å²) in [7, 11) is 0. The highest BCUT2D eigenvalue weighted by atomic mass is 32.2. The first-order chi connectivity index (χ1) is 7.68. The highest BCUT2D eigenvalue weighted by Gasteiger charge is 2.38. The van der Waals surface area contributed by atoms with Crippen LogP contribution in [-0.4, -0.2) is 25.5 Å². The zero-order valence-corrected chi connectivity index (χ0v) is 10.4. The van der Waals surface area contributed by atoms with Gasteiger partial charge in [0, 0.05) is 17.0 Å². The van der Waals surface area contributed by atoms with E-state index in [4.69, 9.17) is 15.2 Å². The number of nitrogens with two attached hydrogens (primary N) is 1. The van der Waals surface area contributed by atoms with Gasteiger partial charge in [-0.3, -0.25) is 0 Å². The van der Waals surface area contributed by atoms with Crippen molar-refractivity contribution in [3.63, 3.8) is 0 Å². The summed E-state index contributed by atoms with van der Waals surface area (Å²) in [4.78, 5) is 1.24. The summed E-state index contributed by atoms with van der Waals surface area (Å²) in [6, 6.07) is 8.25. The van der Waals surface area contributed by atoms with E-state index in [1.807, 2.05) is 19.1 Å². The largest absolute Gasteiger partial charge is 0.343 e. The highest BCUT2D eigenvalue weighted by Crippen LogP contribution is 2.34. The maximum absolute atomic E-state index is 5.80. The molecule has 16 heavy (non-hydrogen) atoms. The van der Waals surface area contributed by atoms with Gasteiger partial charge in [0.05, 0.1) is 12.7 Å². The first kappa shape index (κ1) is 11.9. The van der Waals surface area contributed by atoms with E-state index in [2.05, 4.69) is 18.4 Å². The van der Waals surface area contributed by atoms with Crippen molar-refractivity contribution < 1.29 is 9.47 Å². The van der Waals surface area contributed by atoms with Gasteiger partial charge in [-0.2, -0.15) is 0 Å². The summed E-state index contributed by atoms with van der Waals surface area (Å²) in [5.41, 5.74) is 6.61. The van der Waals surface area contributed by atoms with Crippen LogP contribution in [0.1, 0.15) is 12.5 Å². The Morgan fingerprint density at radius 2 is 2.12 bits per heavy atom. The molecule has 88 valence electrons. The van der Waals surface area contributed by atoms with Crippen molar-refractivity contribution >= 4 is 11.8 Å². The van der Waals surface area contributed by atoms with E-state index in [-0.39, 0.29) is 6.10 Å². The van der Waals surface area contributed by atoms with Crippen LogP contribution >= 0.6 is 11.8 Å². The van der Waals surface area contributed by atoms with Crippen molar-refractivity contribution in [3.05, 3.63) is 29.8 Å². The molecule has 0 bridgehead atoms. The molecule has 0 saturated carbocycles. The Morgan fingerprint density at radius 1 is 1.44 bits per heavy atom. The molecule has 0 aliphatic carbocycles. The summed E-state index contributed by atoms with van der Waals surface area (Å²) in [6.07, 6.45) is 2.06. The lowest BCUT2D eigenvalue weighted by Crippen LogP contribution is -2.27. The second-order valence-corrected chi connectivity index (χ2v) is 4.84. The summed E-state index contributed by atoms with van der Waals surface area (Å²) in [6.45, 7) is 3.01. The second kappa shape index (κ2) is 4.75. The molecule has 1 aromatic carbocycles. The van der Waals surface area contributed by atoms with Gasteiger partial charge in [-0.05, 0) is 25.3 Å². The van der Waals surface area contributed by atoms with Gasteiger partial charge < -0.3 is 15.2 Å². The van der Waals surface area contributed by atoms with Crippen LogP contribution in [0, 0.1) is 0 Å². The molecule has 0 radical (unpaired) electrons. The number of rotatable bonds is 3. The Kier molecular flexibility index (Phi) is 3.54. The summed E-state index contributed by atoms with van der Waals surface area (Å²) < 4.78 is 11.5. The van der Waals surface area contributed by atoms with Crippen LogP contribution in [0.5, 0.6) is 0 Å². The molecule has 1 saturated heterocycles. The number of hydrogen-bond acceptors (Lipinski definition) is 4. The molecule has 4 heteroatoms. The fourth-order valence-electron chi connectivity index (χ4n) is 1.80. The molecule has 2 rings (SSSR count). The van der Waals surface area contributed by atoms with Crippen LogP contribution in [0.3, 0.4) is 0 Å². The molecule has 1 aliphatic heterocycles. The average molecular weight is 239 g/mol. The van der Waals surface area contributed by atoms with Crippen molar-refractivity contribution in [1.29, 1.82) is 0 Å². The minimum Gasteiger partial charge on any atom is -0.343 e. The van der Waals surface area contributed by atoms with Crippen LogP contribution in [0.2, 0.25) is 0 Å². The lowest BCUT2D eigenvalue weighted by atomic mass is 10.1. The van der Waals surface area contributed by atoms with Gasteiger partial charge in [-0.25, -0.2) is 0 Å². The molecule has 3 nitrogen and oxygen atoms in total. The van der Waals surface area contributed by atoms with Crippen LogP contribution < -0.4 is 5.73 Å². The van der Waals surface area contributed by atoms with Crippen LogP contribution in [-0.2, 0) is 15.3 Å². The van der Waals surface area contributed by atoms with E-state index < -0.39 is 5.79 Å². The molecular formula is C12H17NO2S. The lowest BCUT2D eigenvalue weighted by molar-refractivity contribution is -0.160. The SMILES string of the molecule is CSc1ccc(C2(C)OCC(CN)O2)cc1. The Bertz CT molecular complexity index is 355. The third kappa shape index (κ3) is 2.25. The van der Waals surface area contributed by atoms with E-state index in [1.54, 1.807) is 11.8 Å². The van der Waals surface area contributed by atoms with Gasteiger partial charge >= 0.3 is 0 Å². The zero-order chi connectivity index (χ0) is 11.6. The topological polar surface area (TPSA) is 44.5 Å². The Morgan fingerprint density at radius 3 is 2.62 bits per heavy atom. The number of thioether (sulfide) groups is 1. The van der Waals surface area contributed by atoms with E-state index in [0.717, 1.165) is 5.56 Å². The van der Waals surface area contributed by atoms with Gasteiger partial charge in [0.1, 0.15) is 0 Å². The van der Waals surface area contributed by atoms with Crippen LogP contribution in [0.25, 0.3) is 0 Å². The minimum absolute atomic E-state index is 0.00484. The van der Waals surface area contributed by atoms with Gasteiger partial charge in [0.15, 0.2) is 5.79 Å². The van der Waals surface area contributed by atoms with Crippen molar-refractivity contribution in [2.45, 2.75) is 23.7 Å². The third-order valence-electron chi connectivity index (χ3n) is 2.81. The molecule has 0 spiro atoms. The first-order valence-electron chi connectivity index (χ1n) is 5.34. The maximum Gasteiger partial charge on any atom is 0.192 e. The van der Waals surface area contributed by atoms with E-state index in [0.29, 0.717) is 13.2 Å². The smallest absolute Gasteiger partial charge is 0.192 e. The Hall–Kier alpha value is -0.550. The van der Waals surface area contributed by atoms with Gasteiger partial charge in [0.25, 0.3) is 0 Å². The second-order valence-electron chi connectivity index (χ2n) is 3.96. The number of hydrogen-bond donors (Lipinski definition) is 1. The molecule has 2 N–H and O–H groups in total. The van der Waals surface area contributed by atoms with Crippen molar-refractivity contribution in [2.75, 3.05) is 19.4 Å². The number of ether oxygens (including phenoxy) is 2. The van der Waals surface area contributed by atoms with Gasteiger partial charge in [-0.15, -0.1) is 11.8 Å². The first-order valence-corrected chi connectivity index (χ1v) is 6.57. The predicted molar refractivity (Wildman–Crippen MR) is 65.5 cm³/mol. The monoisotopic (exact) mass is 239 g/mol. The third-order valence-corrected chi connectivity index (χ3v) is 3.56. The van der Waals surface area contributed by atoms with E-state index in [9.17, 15) is 0 Å². The molecule has 1 heterocycles. The van der Waals surface area contributed by atoms with Crippen molar-refractivity contribution in [1.82, 2.24) is 0 Å². The van der Waals surface area contributed by atoms with Crippen LogP contribution in [0.4, 0.5) is 0 Å². The lowest BCUT2D eigenvalue weighted by Gasteiger charge is -2.23. The zero-order valence-electron chi connectivity index (χ0n) is 9.60. The Balaban J connectivity index is 2.17. The predicted octanol–water partition coefficient (Wildman–Crippen LogP) is 1.96.